The molecule has 0 saturated carbocycles. The zero-order chi connectivity index (χ0) is 30.4. The Hall–Kier alpha value is -2.95. The second-order valence-electron chi connectivity index (χ2n) is 8.54. The van der Waals surface area contributed by atoms with Crippen LogP contribution in [0.5, 0.6) is 11.5 Å². The fourth-order valence-corrected chi connectivity index (χ4v) is 6.06. The number of esters is 1. The number of nitrogens with zero attached hydrogens (tertiary/aromatic N) is 1. The van der Waals surface area contributed by atoms with Crippen LogP contribution < -0.4 is 9.47 Å². The second kappa shape index (κ2) is 14.5. The van der Waals surface area contributed by atoms with Gasteiger partial charge in [0.2, 0.25) is 0 Å². The van der Waals surface area contributed by atoms with E-state index >= 15 is 0 Å². The molecule has 218 valence electrons. The van der Waals surface area contributed by atoms with Crippen molar-refractivity contribution in [2.24, 2.45) is 4.99 Å². The van der Waals surface area contributed by atoms with E-state index in [9.17, 15) is 14.7 Å². The van der Waals surface area contributed by atoms with E-state index in [1.165, 1.54) is 6.07 Å². The van der Waals surface area contributed by atoms with Gasteiger partial charge >= 0.3 is 5.97 Å². The van der Waals surface area contributed by atoms with Crippen molar-refractivity contribution >= 4 is 85.5 Å². The molecule has 12 heteroatoms. The number of thioether (sulfide) groups is 1. The van der Waals surface area contributed by atoms with Crippen LogP contribution in [-0.2, 0) is 16.1 Å². The van der Waals surface area contributed by atoms with Crippen LogP contribution in [0, 0.1) is 0 Å². The van der Waals surface area contributed by atoms with Crippen molar-refractivity contribution in [2.45, 2.75) is 20.5 Å². The minimum atomic E-state index is -0.808. The summed E-state index contributed by atoms with van der Waals surface area (Å²) in [7, 11) is 0. The lowest BCUT2D eigenvalue weighted by Crippen LogP contribution is -2.14. The largest absolute Gasteiger partial charge is 0.506 e. The van der Waals surface area contributed by atoms with E-state index in [0.717, 1.165) is 17.3 Å². The Balaban J connectivity index is 1.69. The Morgan fingerprint density at radius 3 is 2.45 bits per heavy atom. The minimum Gasteiger partial charge on any atom is -0.506 e. The van der Waals surface area contributed by atoms with Crippen LogP contribution in [0.4, 0.5) is 0 Å². The number of aliphatic hydroxyl groups is 1. The lowest BCUT2D eigenvalue weighted by Gasteiger charge is -2.15. The summed E-state index contributed by atoms with van der Waals surface area (Å²) in [5, 5.41) is 12.2. The normalized spacial score (nSPS) is 14.9. The lowest BCUT2D eigenvalue weighted by molar-refractivity contribution is -0.138. The third kappa shape index (κ3) is 7.51. The molecule has 0 unspecified atom stereocenters. The van der Waals surface area contributed by atoms with Crippen molar-refractivity contribution in [2.75, 3.05) is 13.2 Å². The van der Waals surface area contributed by atoms with Crippen molar-refractivity contribution in [3.8, 4) is 11.5 Å². The smallest absolute Gasteiger partial charge is 0.344 e. The van der Waals surface area contributed by atoms with Crippen LogP contribution in [-0.4, -0.2) is 35.2 Å². The van der Waals surface area contributed by atoms with Gasteiger partial charge in [0.25, 0.3) is 5.91 Å². The van der Waals surface area contributed by atoms with Gasteiger partial charge in [-0.25, -0.2) is 9.79 Å². The van der Waals surface area contributed by atoms with E-state index in [0.29, 0.717) is 38.2 Å². The highest BCUT2D eigenvalue weighted by Gasteiger charge is 2.34. The van der Waals surface area contributed by atoms with Gasteiger partial charge in [0.05, 0.1) is 33.2 Å². The number of aliphatic imine (C=N–C) groups is 1. The van der Waals surface area contributed by atoms with E-state index in [1.807, 2.05) is 6.92 Å². The molecular weight excluding hydrogens is 689 g/mol. The number of benzene rings is 3. The summed E-state index contributed by atoms with van der Waals surface area (Å²) in [6.07, 6.45) is 1.63. The van der Waals surface area contributed by atoms with Crippen molar-refractivity contribution in [1.29, 1.82) is 0 Å². The van der Waals surface area contributed by atoms with Crippen LogP contribution in [0.2, 0.25) is 15.1 Å². The first-order valence-corrected chi connectivity index (χ1v) is 15.3. The minimum absolute atomic E-state index is 0.00832. The van der Waals surface area contributed by atoms with Crippen LogP contribution in [0.3, 0.4) is 0 Å². The summed E-state index contributed by atoms with van der Waals surface area (Å²) >= 11 is 22.9. The van der Waals surface area contributed by atoms with Gasteiger partial charge in [-0.3, -0.25) is 4.79 Å². The second-order valence-corrected chi connectivity index (χ2v) is 11.7. The van der Waals surface area contributed by atoms with Crippen molar-refractivity contribution < 1.29 is 28.9 Å². The molecule has 0 saturated heterocycles. The Kier molecular flexibility index (Phi) is 11.0. The van der Waals surface area contributed by atoms with Crippen LogP contribution in [0.15, 0.2) is 80.3 Å². The fraction of sp³-hybridized carbons (Fsp3) is 0.167. The molecule has 0 fully saturated rings. The molecule has 7 nitrogen and oxygen atoms in total. The standard InChI is InChI=1S/C30H23BrCl3NO6S/c1-3-39-23-12-16(11-20(31)27(23)41-15-17-9-10-18(32)14-22(17)34)13-24-26(36)25(30(38)40-4-2)29(42-24)35-28(37)19-7-5-6-8-21(19)33/h5-14,36H,3-4,15H2,1-2H3/b24-13-,35-29?. The van der Waals surface area contributed by atoms with E-state index in [2.05, 4.69) is 20.9 Å². The predicted molar refractivity (Wildman–Crippen MR) is 171 cm³/mol. The number of ether oxygens (including phenoxy) is 3. The number of amides is 1. The summed E-state index contributed by atoms with van der Waals surface area (Å²) in [5.74, 6) is -0.955. The zero-order valence-corrected chi connectivity index (χ0v) is 26.9. The first kappa shape index (κ1) is 32.0. The number of rotatable bonds is 9. The highest BCUT2D eigenvalue weighted by molar-refractivity contribution is 9.10. The van der Waals surface area contributed by atoms with Crippen LogP contribution in [0.1, 0.15) is 35.3 Å². The van der Waals surface area contributed by atoms with Crippen LogP contribution >= 0.6 is 62.5 Å². The summed E-state index contributed by atoms with van der Waals surface area (Å²) in [6, 6.07) is 15.0. The molecule has 1 aliphatic heterocycles. The average molecular weight is 712 g/mol. The highest BCUT2D eigenvalue weighted by Crippen LogP contribution is 2.42. The van der Waals surface area contributed by atoms with Crippen molar-refractivity contribution in [3.05, 3.63) is 107 Å². The molecule has 0 aromatic heterocycles. The van der Waals surface area contributed by atoms with E-state index in [4.69, 9.17) is 49.0 Å². The Bertz CT molecular complexity index is 1640. The molecule has 0 aliphatic carbocycles. The van der Waals surface area contributed by atoms with Gasteiger partial charge < -0.3 is 19.3 Å². The molecule has 3 aromatic carbocycles. The van der Waals surface area contributed by atoms with E-state index in [1.54, 1.807) is 61.5 Å². The lowest BCUT2D eigenvalue weighted by atomic mass is 10.1. The zero-order valence-electron chi connectivity index (χ0n) is 22.3. The number of halogens is 4. The quantitative estimate of drug-likeness (QED) is 0.221. The summed E-state index contributed by atoms with van der Waals surface area (Å²) in [5.41, 5.74) is 1.30. The predicted octanol–water partition coefficient (Wildman–Crippen LogP) is 9.09. The number of hydrogen-bond acceptors (Lipinski definition) is 7. The van der Waals surface area contributed by atoms with E-state index < -0.39 is 11.9 Å². The first-order chi connectivity index (χ1) is 20.1. The summed E-state index contributed by atoms with van der Waals surface area (Å²) in [4.78, 5) is 30.0. The molecule has 1 heterocycles. The maximum atomic E-state index is 12.9. The number of hydrogen-bond donors (Lipinski definition) is 1. The fourth-order valence-electron chi connectivity index (χ4n) is 3.79. The maximum Gasteiger partial charge on any atom is 0.344 e. The van der Waals surface area contributed by atoms with Gasteiger partial charge in [-0.15, -0.1) is 0 Å². The summed E-state index contributed by atoms with van der Waals surface area (Å²) in [6.45, 7) is 4.06. The first-order valence-electron chi connectivity index (χ1n) is 12.5. The highest BCUT2D eigenvalue weighted by atomic mass is 79.9. The number of carbonyl (C=O) groups is 2. The third-order valence-corrected chi connectivity index (χ3v) is 8.22. The van der Waals surface area contributed by atoms with Crippen molar-refractivity contribution in [1.82, 2.24) is 0 Å². The SMILES string of the molecule is CCOC(=O)C1=C(O)/C(=C/c2cc(Br)c(OCc3ccc(Cl)cc3Cl)c(OCC)c2)SC1=NC(=O)c1ccccc1Cl. The molecule has 0 bridgehead atoms. The molecule has 42 heavy (non-hydrogen) atoms. The monoisotopic (exact) mass is 709 g/mol. The van der Waals surface area contributed by atoms with Gasteiger partial charge in [0.15, 0.2) is 11.5 Å². The number of aliphatic hydroxyl groups excluding tert-OH is 1. The molecule has 0 radical (unpaired) electrons. The molecule has 1 aliphatic rings. The molecule has 0 spiro atoms. The number of carbonyl (C=O) groups excluding carboxylic acids is 2. The van der Waals surface area contributed by atoms with Gasteiger partial charge in [0, 0.05) is 15.6 Å². The van der Waals surface area contributed by atoms with Gasteiger partial charge in [-0.2, -0.15) is 0 Å². The van der Waals surface area contributed by atoms with Crippen molar-refractivity contribution in [3.63, 3.8) is 0 Å². The Morgan fingerprint density at radius 1 is 1.00 bits per heavy atom. The Morgan fingerprint density at radius 2 is 1.76 bits per heavy atom. The van der Waals surface area contributed by atoms with Crippen LogP contribution in [0.25, 0.3) is 6.08 Å². The summed E-state index contributed by atoms with van der Waals surface area (Å²) < 4.78 is 17.6. The molecule has 4 rings (SSSR count). The molecule has 1 amide bonds. The van der Waals surface area contributed by atoms with Gasteiger partial charge in [-0.05, 0) is 77.8 Å². The Labute approximate surface area is 270 Å². The maximum absolute atomic E-state index is 12.9. The third-order valence-electron chi connectivity index (χ3n) is 5.69. The molecular formula is C30H23BrCl3NO6S. The van der Waals surface area contributed by atoms with Gasteiger partial charge in [0.1, 0.15) is 23.0 Å². The van der Waals surface area contributed by atoms with E-state index in [-0.39, 0.29) is 45.1 Å². The average Bonchev–Trinajstić information content (AvgIpc) is 3.23. The topological polar surface area (TPSA) is 94.4 Å². The molecule has 3 aromatic rings. The van der Waals surface area contributed by atoms with Gasteiger partial charge in [-0.1, -0.05) is 64.8 Å². The molecule has 1 N–H and O–H groups in total. The molecule has 0 atom stereocenters.